The van der Waals surface area contributed by atoms with E-state index in [1.165, 1.54) is 16.8 Å². The smallest absolute Gasteiger partial charge is 0.224 e. The molecule has 0 bridgehead atoms. The minimum Gasteiger partial charge on any atom is -0.356 e. The van der Waals surface area contributed by atoms with Crippen LogP contribution in [0, 0.1) is 23.7 Å². The molecule has 0 aromatic heterocycles. The minimum atomic E-state index is 0.0232. The zero-order valence-electron chi connectivity index (χ0n) is 18.6. The van der Waals surface area contributed by atoms with E-state index in [0.717, 1.165) is 13.0 Å². The van der Waals surface area contributed by atoms with Crippen molar-refractivity contribution in [1.82, 2.24) is 5.32 Å². The van der Waals surface area contributed by atoms with Crippen LogP contribution >= 0.6 is 0 Å². The minimum absolute atomic E-state index is 0.0232. The standard InChI is InChI=1S/C27H32N2O2/c1-4-21-15(2)22-23(17-10-6-5-7-11-17)25-19(14-28-27(25)30)24-18-12-8-9-13-20(18)29(26(22)24)16(3)31-21/h5-13,15-16,19,21-26H,4,14H2,1-3H3,(H,28,30)/t15?,16?,19?,21-,22?,23?,24?,25?,26?/m0/s1. The molecule has 9 atom stereocenters. The summed E-state index contributed by atoms with van der Waals surface area (Å²) >= 11 is 0. The van der Waals surface area contributed by atoms with E-state index in [2.05, 4.69) is 85.6 Å². The van der Waals surface area contributed by atoms with E-state index in [4.69, 9.17) is 4.74 Å². The van der Waals surface area contributed by atoms with Crippen LogP contribution in [0.2, 0.25) is 0 Å². The third kappa shape index (κ3) is 2.60. The summed E-state index contributed by atoms with van der Waals surface area (Å²) in [6, 6.07) is 20.0. The molecule has 2 aromatic carbocycles. The van der Waals surface area contributed by atoms with E-state index < -0.39 is 0 Å². The predicted molar refractivity (Wildman–Crippen MR) is 122 cm³/mol. The van der Waals surface area contributed by atoms with Gasteiger partial charge in [0.25, 0.3) is 0 Å². The van der Waals surface area contributed by atoms with Gasteiger partial charge in [-0.3, -0.25) is 4.79 Å². The quantitative estimate of drug-likeness (QED) is 0.782. The van der Waals surface area contributed by atoms with Gasteiger partial charge < -0.3 is 15.0 Å². The fourth-order valence-corrected chi connectivity index (χ4v) is 7.66. The van der Waals surface area contributed by atoms with E-state index >= 15 is 0 Å². The van der Waals surface area contributed by atoms with Gasteiger partial charge in [-0.25, -0.2) is 0 Å². The highest BCUT2D eigenvalue weighted by atomic mass is 16.5. The fraction of sp³-hybridized carbons (Fsp3) is 0.519. The Kier molecular flexibility index (Phi) is 4.43. The highest BCUT2D eigenvalue weighted by Crippen LogP contribution is 2.62. The van der Waals surface area contributed by atoms with Crippen LogP contribution in [0.3, 0.4) is 0 Å². The normalized spacial score (nSPS) is 40.5. The number of carbonyl (C=O) groups excluding carboxylic acids is 1. The molecular weight excluding hydrogens is 384 g/mol. The number of hydrogen-bond acceptors (Lipinski definition) is 3. The molecule has 0 spiro atoms. The monoisotopic (exact) mass is 416 g/mol. The van der Waals surface area contributed by atoms with Crippen LogP contribution in [0.15, 0.2) is 54.6 Å². The molecule has 1 amide bonds. The molecule has 8 unspecified atom stereocenters. The third-order valence-corrected chi connectivity index (χ3v) is 8.74. The van der Waals surface area contributed by atoms with Crippen LogP contribution in [-0.4, -0.2) is 30.8 Å². The Bertz CT molecular complexity index is 992. The van der Waals surface area contributed by atoms with Crippen molar-refractivity contribution in [3.63, 3.8) is 0 Å². The number of hydrogen-bond donors (Lipinski definition) is 1. The van der Waals surface area contributed by atoms with Crippen molar-refractivity contribution < 1.29 is 9.53 Å². The van der Waals surface area contributed by atoms with E-state index in [-0.39, 0.29) is 30.1 Å². The predicted octanol–water partition coefficient (Wildman–Crippen LogP) is 4.53. The van der Waals surface area contributed by atoms with E-state index in [0.29, 0.717) is 29.7 Å². The molecule has 3 aliphatic heterocycles. The van der Waals surface area contributed by atoms with E-state index in [1.54, 1.807) is 0 Å². The van der Waals surface area contributed by atoms with Crippen LogP contribution < -0.4 is 10.2 Å². The lowest BCUT2D eigenvalue weighted by atomic mass is 9.55. The van der Waals surface area contributed by atoms with Crippen LogP contribution in [0.5, 0.6) is 0 Å². The van der Waals surface area contributed by atoms with E-state index in [1.807, 2.05) is 0 Å². The topological polar surface area (TPSA) is 41.6 Å². The molecule has 162 valence electrons. The molecule has 1 saturated carbocycles. The molecule has 3 fully saturated rings. The van der Waals surface area contributed by atoms with Gasteiger partial charge in [0.15, 0.2) is 0 Å². The summed E-state index contributed by atoms with van der Waals surface area (Å²) in [5.74, 6) is 1.90. The number of benzene rings is 2. The van der Waals surface area contributed by atoms with Crippen LogP contribution in [-0.2, 0) is 9.53 Å². The lowest BCUT2D eigenvalue weighted by Crippen LogP contribution is -2.54. The molecule has 6 rings (SSSR count). The molecule has 3 heterocycles. The number of fused-ring (bicyclic) bond motifs is 5. The first kappa shape index (κ1) is 19.4. The van der Waals surface area contributed by atoms with Crippen LogP contribution in [0.25, 0.3) is 0 Å². The highest BCUT2D eigenvalue weighted by Gasteiger charge is 2.63. The molecule has 0 radical (unpaired) electrons. The number of rotatable bonds is 2. The number of carbonyl (C=O) groups is 1. The molecule has 2 saturated heterocycles. The van der Waals surface area contributed by atoms with Gasteiger partial charge in [-0.05, 0) is 48.3 Å². The first-order valence-corrected chi connectivity index (χ1v) is 12.0. The van der Waals surface area contributed by atoms with Gasteiger partial charge >= 0.3 is 0 Å². The van der Waals surface area contributed by atoms with Crippen molar-refractivity contribution >= 4 is 11.6 Å². The van der Waals surface area contributed by atoms with Crippen molar-refractivity contribution in [2.45, 2.75) is 57.4 Å². The van der Waals surface area contributed by atoms with Gasteiger partial charge in [-0.2, -0.15) is 0 Å². The van der Waals surface area contributed by atoms with Gasteiger partial charge in [0.1, 0.15) is 6.23 Å². The molecular formula is C27H32N2O2. The SMILES string of the molecule is CC[C@@H]1OC(C)N2c3ccccc3C3C4CNC(=O)C4C(c4ccccc4)C(C1C)C32. The summed E-state index contributed by atoms with van der Waals surface area (Å²) in [4.78, 5) is 15.9. The Hall–Kier alpha value is -2.33. The summed E-state index contributed by atoms with van der Waals surface area (Å²) < 4.78 is 6.71. The van der Waals surface area contributed by atoms with Gasteiger partial charge in [-0.1, -0.05) is 62.4 Å². The number of ether oxygens (including phenoxy) is 1. The first-order valence-electron chi connectivity index (χ1n) is 12.0. The summed E-state index contributed by atoms with van der Waals surface area (Å²) in [6.45, 7) is 7.61. The first-order chi connectivity index (χ1) is 15.1. The van der Waals surface area contributed by atoms with Crippen molar-refractivity contribution in [2.75, 3.05) is 11.4 Å². The molecule has 4 nitrogen and oxygen atoms in total. The summed E-state index contributed by atoms with van der Waals surface area (Å²) in [6.07, 6.45) is 1.23. The van der Waals surface area contributed by atoms with Gasteiger partial charge in [0, 0.05) is 30.1 Å². The van der Waals surface area contributed by atoms with Crippen LogP contribution in [0.4, 0.5) is 5.69 Å². The summed E-state index contributed by atoms with van der Waals surface area (Å²) in [5.41, 5.74) is 4.03. The second kappa shape index (κ2) is 7.09. The fourth-order valence-electron chi connectivity index (χ4n) is 7.66. The average Bonchev–Trinajstić information content (AvgIpc) is 3.31. The summed E-state index contributed by atoms with van der Waals surface area (Å²) in [7, 11) is 0. The Morgan fingerprint density at radius 3 is 2.52 bits per heavy atom. The maximum absolute atomic E-state index is 13.3. The number of amides is 1. The molecule has 1 N–H and O–H groups in total. The Morgan fingerprint density at radius 1 is 1.00 bits per heavy atom. The maximum Gasteiger partial charge on any atom is 0.224 e. The molecule has 4 aliphatic rings. The number of anilines is 1. The molecule has 31 heavy (non-hydrogen) atoms. The van der Waals surface area contributed by atoms with Crippen molar-refractivity contribution in [3.8, 4) is 0 Å². The second-order valence-electron chi connectivity index (χ2n) is 9.97. The van der Waals surface area contributed by atoms with Crippen LogP contribution in [0.1, 0.15) is 50.2 Å². The number of nitrogens with zero attached hydrogens (tertiary/aromatic N) is 1. The van der Waals surface area contributed by atoms with Gasteiger partial charge in [0.05, 0.1) is 12.0 Å². The average molecular weight is 417 g/mol. The number of para-hydroxylation sites is 1. The largest absolute Gasteiger partial charge is 0.356 e. The summed E-state index contributed by atoms with van der Waals surface area (Å²) in [5, 5.41) is 3.26. The molecule has 4 heteroatoms. The van der Waals surface area contributed by atoms with Gasteiger partial charge in [0.2, 0.25) is 5.91 Å². The second-order valence-corrected chi connectivity index (χ2v) is 9.97. The highest BCUT2D eigenvalue weighted by molar-refractivity contribution is 5.83. The Balaban J connectivity index is 1.60. The van der Waals surface area contributed by atoms with E-state index in [9.17, 15) is 4.79 Å². The molecule has 2 aromatic rings. The third-order valence-electron chi connectivity index (χ3n) is 8.74. The zero-order chi connectivity index (χ0) is 21.3. The van der Waals surface area contributed by atoms with Crippen molar-refractivity contribution in [2.24, 2.45) is 23.7 Å². The number of nitrogens with one attached hydrogen (secondary N) is 1. The van der Waals surface area contributed by atoms with Crippen molar-refractivity contribution in [3.05, 3.63) is 65.7 Å². The molecule has 1 aliphatic carbocycles. The van der Waals surface area contributed by atoms with Gasteiger partial charge in [-0.15, -0.1) is 0 Å². The lowest BCUT2D eigenvalue weighted by molar-refractivity contribution is -0.125. The zero-order valence-corrected chi connectivity index (χ0v) is 18.6. The lowest BCUT2D eigenvalue weighted by Gasteiger charge is -2.50. The van der Waals surface area contributed by atoms with Crippen molar-refractivity contribution in [1.29, 1.82) is 0 Å². The Morgan fingerprint density at radius 2 is 1.74 bits per heavy atom. The Labute approximate surface area is 185 Å². The maximum atomic E-state index is 13.3.